The Kier molecular flexibility index (Phi) is 5.40. The van der Waals surface area contributed by atoms with Crippen LogP contribution in [0.4, 0.5) is 0 Å². The van der Waals surface area contributed by atoms with Crippen molar-refractivity contribution >= 4 is 5.91 Å². The highest BCUT2D eigenvalue weighted by atomic mass is 16.5. The standard InChI is InChI=1S/C20H21N3O4/c1-12(2)21-19(24)14-7-5-6-13(10-14)18-22-20(27-23-18)16-9-8-15(25-3)11-17(16)26-4/h5-12H,1-4H3,(H,21,24). The van der Waals surface area contributed by atoms with E-state index in [2.05, 4.69) is 15.5 Å². The normalized spacial score (nSPS) is 10.7. The molecule has 7 nitrogen and oxygen atoms in total. The van der Waals surface area contributed by atoms with E-state index in [1.54, 1.807) is 50.6 Å². The molecule has 140 valence electrons. The molecule has 27 heavy (non-hydrogen) atoms. The van der Waals surface area contributed by atoms with Gasteiger partial charge in [0.1, 0.15) is 11.5 Å². The summed E-state index contributed by atoms with van der Waals surface area (Å²) >= 11 is 0. The number of carbonyl (C=O) groups excluding carboxylic acids is 1. The molecule has 2 aromatic carbocycles. The highest BCUT2D eigenvalue weighted by molar-refractivity contribution is 5.95. The average Bonchev–Trinajstić information content (AvgIpc) is 3.17. The molecule has 0 bridgehead atoms. The van der Waals surface area contributed by atoms with Crippen LogP contribution in [0.25, 0.3) is 22.8 Å². The molecule has 1 N–H and O–H groups in total. The molecule has 0 saturated carbocycles. The number of benzene rings is 2. The number of rotatable bonds is 6. The number of amides is 1. The number of hydrogen-bond donors (Lipinski definition) is 1. The van der Waals surface area contributed by atoms with E-state index in [1.165, 1.54) is 0 Å². The Balaban J connectivity index is 1.92. The molecule has 0 saturated heterocycles. The molecule has 0 fully saturated rings. The van der Waals surface area contributed by atoms with Crippen molar-refractivity contribution in [1.82, 2.24) is 15.5 Å². The second-order valence-electron chi connectivity index (χ2n) is 6.20. The highest BCUT2D eigenvalue weighted by Gasteiger charge is 2.16. The molecule has 1 heterocycles. The molecule has 0 unspecified atom stereocenters. The first-order valence-electron chi connectivity index (χ1n) is 8.49. The Bertz CT molecular complexity index is 950. The van der Waals surface area contributed by atoms with Crippen LogP contribution in [-0.4, -0.2) is 36.3 Å². The van der Waals surface area contributed by atoms with Crippen LogP contribution in [0.15, 0.2) is 47.0 Å². The Morgan fingerprint density at radius 3 is 2.63 bits per heavy atom. The van der Waals surface area contributed by atoms with Gasteiger partial charge in [-0.1, -0.05) is 17.3 Å². The Morgan fingerprint density at radius 2 is 1.93 bits per heavy atom. The lowest BCUT2D eigenvalue weighted by atomic mass is 10.1. The van der Waals surface area contributed by atoms with Crippen molar-refractivity contribution in [3.8, 4) is 34.3 Å². The van der Waals surface area contributed by atoms with E-state index in [1.807, 2.05) is 19.9 Å². The number of nitrogens with zero attached hydrogens (tertiary/aromatic N) is 2. The number of hydrogen-bond acceptors (Lipinski definition) is 6. The number of aromatic nitrogens is 2. The van der Waals surface area contributed by atoms with E-state index in [0.717, 1.165) is 0 Å². The largest absolute Gasteiger partial charge is 0.497 e. The zero-order valence-electron chi connectivity index (χ0n) is 15.6. The summed E-state index contributed by atoms with van der Waals surface area (Å²) in [5.74, 6) is 1.80. The smallest absolute Gasteiger partial charge is 0.262 e. The topological polar surface area (TPSA) is 86.5 Å². The number of methoxy groups -OCH3 is 2. The number of ether oxygens (including phenoxy) is 2. The summed E-state index contributed by atoms with van der Waals surface area (Å²) in [7, 11) is 3.15. The van der Waals surface area contributed by atoms with E-state index >= 15 is 0 Å². The molecular weight excluding hydrogens is 346 g/mol. The maximum Gasteiger partial charge on any atom is 0.262 e. The van der Waals surface area contributed by atoms with Crippen molar-refractivity contribution in [3.63, 3.8) is 0 Å². The number of nitrogens with one attached hydrogen (secondary N) is 1. The molecule has 0 spiro atoms. The molecule has 3 rings (SSSR count). The van der Waals surface area contributed by atoms with Gasteiger partial charge in [-0.2, -0.15) is 4.98 Å². The molecule has 1 amide bonds. The minimum absolute atomic E-state index is 0.0560. The van der Waals surface area contributed by atoms with Crippen molar-refractivity contribution in [3.05, 3.63) is 48.0 Å². The lowest BCUT2D eigenvalue weighted by Gasteiger charge is -2.08. The first-order valence-corrected chi connectivity index (χ1v) is 8.49. The van der Waals surface area contributed by atoms with Crippen LogP contribution < -0.4 is 14.8 Å². The van der Waals surface area contributed by atoms with Crippen molar-refractivity contribution in [1.29, 1.82) is 0 Å². The monoisotopic (exact) mass is 367 g/mol. The summed E-state index contributed by atoms with van der Waals surface area (Å²) < 4.78 is 16.0. The van der Waals surface area contributed by atoms with Gasteiger partial charge in [0, 0.05) is 23.2 Å². The summed E-state index contributed by atoms with van der Waals surface area (Å²) in [6.45, 7) is 3.82. The average molecular weight is 367 g/mol. The minimum Gasteiger partial charge on any atom is -0.497 e. The van der Waals surface area contributed by atoms with E-state index in [9.17, 15) is 4.79 Å². The SMILES string of the molecule is COc1ccc(-c2nc(-c3cccc(C(=O)NC(C)C)c3)no2)c(OC)c1. The Morgan fingerprint density at radius 1 is 1.11 bits per heavy atom. The zero-order chi connectivity index (χ0) is 19.4. The predicted molar refractivity (Wildman–Crippen MR) is 101 cm³/mol. The lowest BCUT2D eigenvalue weighted by molar-refractivity contribution is 0.0943. The van der Waals surface area contributed by atoms with Gasteiger partial charge in [-0.3, -0.25) is 4.79 Å². The van der Waals surface area contributed by atoms with Gasteiger partial charge in [-0.25, -0.2) is 0 Å². The van der Waals surface area contributed by atoms with E-state index in [-0.39, 0.29) is 11.9 Å². The Hall–Kier alpha value is -3.35. The quantitative estimate of drug-likeness (QED) is 0.717. The van der Waals surface area contributed by atoms with Crippen molar-refractivity contribution in [2.75, 3.05) is 14.2 Å². The van der Waals surface area contributed by atoms with Gasteiger partial charge in [-0.15, -0.1) is 0 Å². The molecule has 1 aromatic heterocycles. The zero-order valence-corrected chi connectivity index (χ0v) is 15.6. The van der Waals surface area contributed by atoms with Crippen LogP contribution in [0.3, 0.4) is 0 Å². The van der Waals surface area contributed by atoms with Crippen molar-refractivity contribution in [2.45, 2.75) is 19.9 Å². The molecule has 0 atom stereocenters. The van der Waals surface area contributed by atoms with E-state index < -0.39 is 0 Å². The first-order chi connectivity index (χ1) is 13.0. The van der Waals surface area contributed by atoms with Gasteiger partial charge in [-0.05, 0) is 38.1 Å². The molecule has 3 aromatic rings. The predicted octanol–water partition coefficient (Wildman–Crippen LogP) is 3.56. The van der Waals surface area contributed by atoms with Crippen molar-refractivity contribution in [2.24, 2.45) is 0 Å². The third-order valence-electron chi connectivity index (χ3n) is 3.87. The van der Waals surface area contributed by atoms with Crippen LogP contribution in [0.2, 0.25) is 0 Å². The maximum atomic E-state index is 12.2. The van der Waals surface area contributed by atoms with Crippen LogP contribution in [0.1, 0.15) is 24.2 Å². The minimum atomic E-state index is -0.146. The number of carbonyl (C=O) groups is 1. The van der Waals surface area contributed by atoms with Gasteiger partial charge < -0.3 is 19.3 Å². The fraction of sp³-hybridized carbons (Fsp3) is 0.250. The molecule has 0 aliphatic heterocycles. The molecular formula is C20H21N3O4. The second-order valence-corrected chi connectivity index (χ2v) is 6.20. The fourth-order valence-corrected chi connectivity index (χ4v) is 2.57. The fourth-order valence-electron chi connectivity index (χ4n) is 2.57. The molecule has 7 heteroatoms. The Labute approximate surface area is 157 Å². The van der Waals surface area contributed by atoms with Gasteiger partial charge in [0.05, 0.1) is 19.8 Å². The van der Waals surface area contributed by atoms with Gasteiger partial charge in [0.25, 0.3) is 11.8 Å². The summed E-state index contributed by atoms with van der Waals surface area (Å²) in [5.41, 5.74) is 1.88. The van der Waals surface area contributed by atoms with Gasteiger partial charge >= 0.3 is 0 Å². The third-order valence-corrected chi connectivity index (χ3v) is 3.87. The van der Waals surface area contributed by atoms with Gasteiger partial charge in [0.15, 0.2) is 0 Å². The van der Waals surface area contributed by atoms with Crippen LogP contribution in [0, 0.1) is 0 Å². The van der Waals surface area contributed by atoms with Crippen LogP contribution >= 0.6 is 0 Å². The lowest BCUT2D eigenvalue weighted by Crippen LogP contribution is -2.30. The molecule has 0 aliphatic rings. The highest BCUT2D eigenvalue weighted by Crippen LogP contribution is 2.33. The molecule has 0 radical (unpaired) electrons. The summed E-state index contributed by atoms with van der Waals surface area (Å²) in [6.07, 6.45) is 0. The summed E-state index contributed by atoms with van der Waals surface area (Å²) in [4.78, 5) is 16.7. The first kappa shape index (κ1) is 18.4. The van der Waals surface area contributed by atoms with E-state index in [0.29, 0.717) is 39.9 Å². The second kappa shape index (κ2) is 7.90. The van der Waals surface area contributed by atoms with Crippen LogP contribution in [0.5, 0.6) is 11.5 Å². The molecule has 0 aliphatic carbocycles. The maximum absolute atomic E-state index is 12.2. The van der Waals surface area contributed by atoms with Gasteiger partial charge in [0.2, 0.25) is 5.82 Å². The summed E-state index contributed by atoms with van der Waals surface area (Å²) in [6, 6.07) is 12.5. The third kappa shape index (κ3) is 4.08. The van der Waals surface area contributed by atoms with Crippen molar-refractivity contribution < 1.29 is 18.8 Å². The van der Waals surface area contributed by atoms with E-state index in [4.69, 9.17) is 14.0 Å². The summed E-state index contributed by atoms with van der Waals surface area (Å²) in [5, 5.41) is 6.90. The van der Waals surface area contributed by atoms with Crippen LogP contribution in [-0.2, 0) is 0 Å².